The van der Waals surface area contributed by atoms with Gasteiger partial charge >= 0.3 is 0 Å². The Hall–Kier alpha value is -2.71. The van der Waals surface area contributed by atoms with Gasteiger partial charge < -0.3 is 15.8 Å². The maximum absolute atomic E-state index is 5.90. The predicted octanol–water partition coefficient (Wildman–Crippen LogP) is 2.12. The number of nitrogen functional groups attached to an aromatic ring is 1. The molecular weight excluding hydrogens is 354 g/mol. The van der Waals surface area contributed by atoms with Crippen LogP contribution in [0.4, 0.5) is 11.8 Å². The van der Waals surface area contributed by atoms with Crippen molar-refractivity contribution < 1.29 is 4.74 Å². The van der Waals surface area contributed by atoms with Gasteiger partial charge in [0.1, 0.15) is 0 Å². The molecule has 0 spiro atoms. The quantitative estimate of drug-likeness (QED) is 0.632. The molecule has 4 rings (SSSR count). The Balaban J connectivity index is 1.52. The van der Waals surface area contributed by atoms with E-state index in [2.05, 4.69) is 57.3 Å². The largest absolute Gasteiger partial charge is 0.379 e. The number of nitrogens with two attached hydrogens (primary N) is 1. The van der Waals surface area contributed by atoms with E-state index in [1.807, 2.05) is 6.20 Å². The number of aromatic nitrogens is 4. The zero-order valence-electron chi connectivity index (χ0n) is 16.5. The molecule has 3 heterocycles. The fraction of sp³-hybridized carbons (Fsp3) is 0.450. The maximum atomic E-state index is 5.90. The van der Waals surface area contributed by atoms with Gasteiger partial charge in [0.05, 0.1) is 25.1 Å². The fourth-order valence-electron chi connectivity index (χ4n) is 3.67. The van der Waals surface area contributed by atoms with Crippen LogP contribution in [-0.2, 0) is 4.74 Å². The summed E-state index contributed by atoms with van der Waals surface area (Å²) in [6.07, 6.45) is 2.86. The first-order valence-electron chi connectivity index (χ1n) is 9.74. The monoisotopic (exact) mass is 381 g/mol. The van der Waals surface area contributed by atoms with Crippen LogP contribution in [0.1, 0.15) is 17.5 Å². The lowest BCUT2D eigenvalue weighted by Crippen LogP contribution is -2.37. The molecule has 0 saturated carbocycles. The Morgan fingerprint density at radius 2 is 1.89 bits per heavy atom. The van der Waals surface area contributed by atoms with Crippen molar-refractivity contribution >= 4 is 17.4 Å². The van der Waals surface area contributed by atoms with Crippen LogP contribution in [-0.4, -0.2) is 63.9 Å². The number of ether oxygens (including phenoxy) is 1. The van der Waals surface area contributed by atoms with Crippen molar-refractivity contribution in [2.75, 3.05) is 50.4 Å². The number of rotatable bonds is 6. The lowest BCUT2D eigenvalue weighted by molar-refractivity contribution is 0.0378. The highest BCUT2D eigenvalue weighted by molar-refractivity contribution is 5.71. The molecule has 8 heteroatoms. The van der Waals surface area contributed by atoms with Gasteiger partial charge in [-0.25, -0.2) is 9.50 Å². The molecule has 3 aromatic rings. The van der Waals surface area contributed by atoms with Crippen molar-refractivity contribution in [2.24, 2.45) is 0 Å². The molecule has 1 aromatic carbocycles. The lowest BCUT2D eigenvalue weighted by Gasteiger charge is -2.26. The SMILES string of the molecule is Cc1cc(C)cc(-c2cnc(NCCCN3CCOCC3)c3nc(N)nn23)c1. The summed E-state index contributed by atoms with van der Waals surface area (Å²) in [6.45, 7) is 9.70. The van der Waals surface area contributed by atoms with E-state index in [1.165, 1.54) is 11.1 Å². The number of morpholine rings is 1. The molecule has 2 aromatic heterocycles. The summed E-state index contributed by atoms with van der Waals surface area (Å²) in [6, 6.07) is 6.39. The van der Waals surface area contributed by atoms with E-state index < -0.39 is 0 Å². The number of aryl methyl sites for hydroxylation is 2. The predicted molar refractivity (Wildman–Crippen MR) is 110 cm³/mol. The van der Waals surface area contributed by atoms with Gasteiger partial charge in [-0.3, -0.25) is 4.90 Å². The Kier molecular flexibility index (Phi) is 5.40. The molecule has 3 N–H and O–H groups in total. The zero-order chi connectivity index (χ0) is 19.5. The number of anilines is 2. The molecule has 1 aliphatic heterocycles. The Labute approximate surface area is 164 Å². The van der Waals surface area contributed by atoms with Crippen LogP contribution < -0.4 is 11.1 Å². The van der Waals surface area contributed by atoms with Gasteiger partial charge in [0.25, 0.3) is 0 Å². The zero-order valence-corrected chi connectivity index (χ0v) is 16.5. The Morgan fingerprint density at radius 3 is 2.64 bits per heavy atom. The van der Waals surface area contributed by atoms with E-state index in [4.69, 9.17) is 10.5 Å². The van der Waals surface area contributed by atoms with Gasteiger partial charge in [-0.05, 0) is 38.9 Å². The van der Waals surface area contributed by atoms with Crippen LogP contribution in [0.15, 0.2) is 24.4 Å². The van der Waals surface area contributed by atoms with E-state index in [0.717, 1.165) is 57.1 Å². The molecule has 1 saturated heterocycles. The van der Waals surface area contributed by atoms with Crippen molar-refractivity contribution in [1.29, 1.82) is 0 Å². The van der Waals surface area contributed by atoms with Crippen molar-refractivity contribution in [3.8, 4) is 11.3 Å². The van der Waals surface area contributed by atoms with Crippen LogP contribution in [0.2, 0.25) is 0 Å². The second-order valence-electron chi connectivity index (χ2n) is 7.31. The third kappa shape index (κ3) is 4.07. The minimum absolute atomic E-state index is 0.245. The smallest absolute Gasteiger partial charge is 0.240 e. The van der Waals surface area contributed by atoms with Gasteiger partial charge in [-0.1, -0.05) is 17.2 Å². The molecule has 1 fully saturated rings. The highest BCUT2D eigenvalue weighted by Gasteiger charge is 2.14. The molecule has 0 atom stereocenters. The van der Waals surface area contributed by atoms with Gasteiger partial charge in [-0.15, -0.1) is 5.10 Å². The fourth-order valence-corrected chi connectivity index (χ4v) is 3.67. The summed E-state index contributed by atoms with van der Waals surface area (Å²) in [7, 11) is 0. The summed E-state index contributed by atoms with van der Waals surface area (Å²) in [4.78, 5) is 11.4. The maximum Gasteiger partial charge on any atom is 0.240 e. The number of nitrogens with one attached hydrogen (secondary N) is 1. The van der Waals surface area contributed by atoms with E-state index in [0.29, 0.717) is 11.5 Å². The summed E-state index contributed by atoms with van der Waals surface area (Å²) < 4.78 is 7.17. The second kappa shape index (κ2) is 8.12. The van der Waals surface area contributed by atoms with Gasteiger partial charge in [-0.2, -0.15) is 4.98 Å². The lowest BCUT2D eigenvalue weighted by atomic mass is 10.1. The molecule has 0 bridgehead atoms. The molecule has 0 unspecified atom stereocenters. The van der Waals surface area contributed by atoms with Gasteiger partial charge in [0, 0.05) is 25.2 Å². The highest BCUT2D eigenvalue weighted by atomic mass is 16.5. The molecule has 28 heavy (non-hydrogen) atoms. The minimum atomic E-state index is 0.245. The molecule has 0 amide bonds. The van der Waals surface area contributed by atoms with Crippen LogP contribution in [0.5, 0.6) is 0 Å². The van der Waals surface area contributed by atoms with Crippen molar-refractivity contribution in [1.82, 2.24) is 24.5 Å². The summed E-state index contributed by atoms with van der Waals surface area (Å²) in [5.74, 6) is 0.953. The molecule has 8 nitrogen and oxygen atoms in total. The van der Waals surface area contributed by atoms with Gasteiger partial charge in [0.2, 0.25) is 11.6 Å². The standard InChI is InChI=1S/C20H27N7O/c1-14-10-15(2)12-16(11-14)17-13-23-18(19-24-20(21)25-27(17)19)22-4-3-5-26-6-8-28-9-7-26/h10-13H,3-9H2,1-2H3,(H2,21,25)(H,22,23). The Morgan fingerprint density at radius 1 is 1.14 bits per heavy atom. The molecule has 0 radical (unpaired) electrons. The van der Waals surface area contributed by atoms with Gasteiger partial charge in [0.15, 0.2) is 5.82 Å². The van der Waals surface area contributed by atoms with Crippen LogP contribution >= 0.6 is 0 Å². The van der Waals surface area contributed by atoms with E-state index in [-0.39, 0.29) is 5.95 Å². The van der Waals surface area contributed by atoms with Crippen LogP contribution in [0, 0.1) is 13.8 Å². The third-order valence-electron chi connectivity index (χ3n) is 4.94. The Bertz CT molecular complexity index is 942. The summed E-state index contributed by atoms with van der Waals surface area (Å²) in [5.41, 5.74) is 10.9. The summed E-state index contributed by atoms with van der Waals surface area (Å²) in [5, 5.41) is 7.79. The van der Waals surface area contributed by atoms with Crippen molar-refractivity contribution in [3.63, 3.8) is 0 Å². The van der Waals surface area contributed by atoms with Crippen molar-refractivity contribution in [3.05, 3.63) is 35.5 Å². The molecular formula is C20H27N7O. The average molecular weight is 381 g/mol. The third-order valence-corrected chi connectivity index (χ3v) is 4.94. The second-order valence-corrected chi connectivity index (χ2v) is 7.31. The average Bonchev–Trinajstić information content (AvgIpc) is 3.06. The topological polar surface area (TPSA) is 93.6 Å². The first-order chi connectivity index (χ1) is 13.6. The van der Waals surface area contributed by atoms with E-state index in [9.17, 15) is 0 Å². The van der Waals surface area contributed by atoms with E-state index in [1.54, 1.807) is 4.52 Å². The molecule has 148 valence electrons. The van der Waals surface area contributed by atoms with Crippen LogP contribution in [0.25, 0.3) is 16.9 Å². The number of hydrogen-bond acceptors (Lipinski definition) is 7. The number of fused-ring (bicyclic) bond motifs is 1. The first kappa shape index (κ1) is 18.6. The summed E-state index contributed by atoms with van der Waals surface area (Å²) >= 11 is 0. The normalized spacial score (nSPS) is 15.2. The first-order valence-corrected chi connectivity index (χ1v) is 9.74. The minimum Gasteiger partial charge on any atom is -0.379 e. The molecule has 0 aliphatic carbocycles. The van der Waals surface area contributed by atoms with E-state index >= 15 is 0 Å². The number of nitrogens with zero attached hydrogens (tertiary/aromatic N) is 5. The van der Waals surface area contributed by atoms with Crippen molar-refractivity contribution in [2.45, 2.75) is 20.3 Å². The van der Waals surface area contributed by atoms with Crippen LogP contribution in [0.3, 0.4) is 0 Å². The number of hydrogen-bond donors (Lipinski definition) is 2. The number of benzene rings is 1. The highest BCUT2D eigenvalue weighted by Crippen LogP contribution is 2.25. The molecule has 1 aliphatic rings.